The van der Waals surface area contributed by atoms with E-state index in [0.29, 0.717) is 5.57 Å². The maximum absolute atomic E-state index is 11.0. The van der Waals surface area contributed by atoms with Gasteiger partial charge >= 0.3 is 23.9 Å². The number of nitrogens with one attached hydrogen (secondary N) is 2. The summed E-state index contributed by atoms with van der Waals surface area (Å²) in [6.45, 7) is 0.352. The molecule has 6 N–H and O–H groups in total. The molecule has 27 heavy (non-hydrogen) atoms. The summed E-state index contributed by atoms with van der Waals surface area (Å²) in [6.07, 6.45) is 7.60. The first-order valence-corrected chi connectivity index (χ1v) is 8.10. The minimum absolute atomic E-state index is 0.141. The molecule has 0 saturated carbocycles. The molecule has 3 unspecified atom stereocenters. The van der Waals surface area contributed by atoms with Gasteiger partial charge in [0.2, 0.25) is 0 Å². The Hall–Kier alpha value is -2.98. The van der Waals surface area contributed by atoms with E-state index in [1.165, 1.54) is 0 Å². The van der Waals surface area contributed by atoms with Crippen molar-refractivity contribution < 1.29 is 39.6 Å². The van der Waals surface area contributed by atoms with Crippen molar-refractivity contribution in [2.24, 2.45) is 5.92 Å². The maximum Gasteiger partial charge on any atom is 0.321 e. The highest BCUT2D eigenvalue weighted by atomic mass is 16.4. The third kappa shape index (κ3) is 8.79. The zero-order valence-electron chi connectivity index (χ0n) is 14.4. The molecule has 148 valence electrons. The summed E-state index contributed by atoms with van der Waals surface area (Å²) in [5.41, 5.74) is 0.714. The van der Waals surface area contributed by atoms with Crippen LogP contribution in [0, 0.1) is 5.92 Å². The van der Waals surface area contributed by atoms with Crippen molar-refractivity contribution in [3.63, 3.8) is 0 Å². The fourth-order valence-electron chi connectivity index (χ4n) is 2.30. The molecule has 0 bridgehead atoms. The first-order chi connectivity index (χ1) is 12.7. The largest absolute Gasteiger partial charge is 0.481 e. The first-order valence-electron chi connectivity index (χ1n) is 8.10. The number of aliphatic carboxylic acids is 4. The van der Waals surface area contributed by atoms with Crippen molar-refractivity contribution in [2.45, 2.75) is 24.9 Å². The Balaban J connectivity index is 2.57. The van der Waals surface area contributed by atoms with E-state index in [0.717, 1.165) is 0 Å². The average molecular weight is 382 g/mol. The van der Waals surface area contributed by atoms with Gasteiger partial charge in [0.25, 0.3) is 0 Å². The lowest BCUT2D eigenvalue weighted by molar-refractivity contribution is -0.145. The highest BCUT2D eigenvalue weighted by molar-refractivity contribution is 5.81. The molecule has 1 aliphatic carbocycles. The second-order valence-electron chi connectivity index (χ2n) is 5.92. The lowest BCUT2D eigenvalue weighted by atomic mass is 10.1. The van der Waals surface area contributed by atoms with Crippen molar-refractivity contribution in [3.8, 4) is 0 Å². The molecule has 0 aromatic heterocycles. The van der Waals surface area contributed by atoms with Gasteiger partial charge in [0.1, 0.15) is 12.1 Å². The van der Waals surface area contributed by atoms with E-state index in [1.807, 2.05) is 0 Å². The van der Waals surface area contributed by atoms with Gasteiger partial charge in [0.05, 0.1) is 12.8 Å². The molecule has 0 saturated heterocycles. The van der Waals surface area contributed by atoms with Crippen molar-refractivity contribution in [2.75, 3.05) is 13.1 Å². The molecule has 0 fully saturated rings. The molecule has 10 heteroatoms. The summed E-state index contributed by atoms with van der Waals surface area (Å²) < 4.78 is 0. The Morgan fingerprint density at radius 2 is 1.44 bits per heavy atom. The maximum atomic E-state index is 11.0. The number of carboxylic acids is 4. The number of allylic oxidation sites excluding steroid dienone is 2. The van der Waals surface area contributed by atoms with Gasteiger partial charge in [-0.15, -0.1) is 0 Å². The summed E-state index contributed by atoms with van der Waals surface area (Å²) in [6, 6.07) is -2.41. The van der Waals surface area contributed by atoms with Gasteiger partial charge in [-0.1, -0.05) is 30.4 Å². The smallest absolute Gasteiger partial charge is 0.321 e. The van der Waals surface area contributed by atoms with Gasteiger partial charge in [0, 0.05) is 19.0 Å². The third-order valence-corrected chi connectivity index (χ3v) is 3.73. The highest BCUT2D eigenvalue weighted by Gasteiger charge is 2.22. The Morgan fingerprint density at radius 3 is 1.96 bits per heavy atom. The highest BCUT2D eigenvalue weighted by Crippen LogP contribution is 2.10. The Morgan fingerprint density at radius 1 is 0.889 bits per heavy atom. The minimum Gasteiger partial charge on any atom is -0.481 e. The number of rotatable bonds is 12. The summed E-state index contributed by atoms with van der Waals surface area (Å²) in [7, 11) is 0. The molecule has 1 aliphatic rings. The zero-order valence-corrected chi connectivity index (χ0v) is 14.4. The second-order valence-corrected chi connectivity index (χ2v) is 5.92. The molecular weight excluding hydrogens is 360 g/mol. The number of carboxylic acid groups (broad SMARTS) is 4. The van der Waals surface area contributed by atoms with E-state index in [9.17, 15) is 19.2 Å². The van der Waals surface area contributed by atoms with Gasteiger partial charge in [0.15, 0.2) is 0 Å². The average Bonchev–Trinajstić information content (AvgIpc) is 2.79. The topological polar surface area (TPSA) is 173 Å². The van der Waals surface area contributed by atoms with Crippen LogP contribution >= 0.6 is 0 Å². The Labute approximate surface area is 154 Å². The minimum atomic E-state index is -1.26. The van der Waals surface area contributed by atoms with Crippen LogP contribution in [-0.2, 0) is 19.2 Å². The summed E-state index contributed by atoms with van der Waals surface area (Å²) in [5, 5.41) is 40.8. The molecule has 3 atom stereocenters. The standard InChI is InChI=1S/C17H22N2O8/c20-14(21)6-12(16(24)25)18-8-10-2-1-3-11(5-4-10)9-19-13(17(26)27)7-15(22)23/h1-5,10,12-13,18-19H,6-9H2,(H,20,21)(H,22,23)(H,24,25)(H,26,27). The zero-order chi connectivity index (χ0) is 20.4. The van der Waals surface area contributed by atoms with E-state index in [4.69, 9.17) is 20.4 Å². The van der Waals surface area contributed by atoms with Gasteiger partial charge < -0.3 is 25.7 Å². The number of hydrogen-bond acceptors (Lipinski definition) is 6. The fraction of sp³-hybridized carbons (Fsp3) is 0.412. The first kappa shape index (κ1) is 22.1. The van der Waals surface area contributed by atoms with E-state index in [1.54, 1.807) is 30.4 Å². The summed E-state index contributed by atoms with van der Waals surface area (Å²) in [4.78, 5) is 43.4. The molecule has 0 heterocycles. The predicted molar refractivity (Wildman–Crippen MR) is 93.2 cm³/mol. The molecule has 0 aromatic carbocycles. The number of hydrogen-bond donors (Lipinski definition) is 6. The van der Waals surface area contributed by atoms with E-state index >= 15 is 0 Å². The molecule has 10 nitrogen and oxygen atoms in total. The van der Waals surface area contributed by atoms with Gasteiger partial charge in [-0.05, 0) is 5.57 Å². The van der Waals surface area contributed by atoms with Crippen LogP contribution in [0.25, 0.3) is 0 Å². The van der Waals surface area contributed by atoms with Crippen LogP contribution in [0.4, 0.5) is 0 Å². The van der Waals surface area contributed by atoms with Crippen molar-refractivity contribution in [1.29, 1.82) is 0 Å². The molecule has 1 rings (SSSR count). The lowest BCUT2D eigenvalue weighted by Crippen LogP contribution is -2.40. The van der Waals surface area contributed by atoms with Crippen LogP contribution in [0.2, 0.25) is 0 Å². The quantitative estimate of drug-likeness (QED) is 0.263. The second kappa shape index (κ2) is 10.9. The van der Waals surface area contributed by atoms with Crippen LogP contribution in [0.5, 0.6) is 0 Å². The normalized spacial score (nSPS) is 18.2. The van der Waals surface area contributed by atoms with Gasteiger partial charge in [-0.2, -0.15) is 0 Å². The molecular formula is C17H22N2O8. The molecule has 0 spiro atoms. The SMILES string of the molecule is O=C(O)CC(NCC1=CC=CC(CNC(CC(=O)O)C(=O)O)C=C1)C(=O)O. The van der Waals surface area contributed by atoms with Crippen molar-refractivity contribution >= 4 is 23.9 Å². The van der Waals surface area contributed by atoms with Crippen LogP contribution in [0.15, 0.2) is 36.0 Å². The Bertz CT molecular complexity index is 668. The third-order valence-electron chi connectivity index (χ3n) is 3.73. The fourth-order valence-corrected chi connectivity index (χ4v) is 2.30. The van der Waals surface area contributed by atoms with Crippen LogP contribution in [-0.4, -0.2) is 69.5 Å². The predicted octanol–water partition coefficient (Wildman–Crippen LogP) is -0.310. The van der Waals surface area contributed by atoms with Crippen LogP contribution < -0.4 is 10.6 Å². The monoisotopic (exact) mass is 382 g/mol. The summed E-state index contributed by atoms with van der Waals surface area (Å²) >= 11 is 0. The Kier molecular flexibility index (Phi) is 8.90. The lowest BCUT2D eigenvalue weighted by Gasteiger charge is -2.15. The molecule has 0 aliphatic heterocycles. The molecule has 0 aromatic rings. The van der Waals surface area contributed by atoms with Gasteiger partial charge in [-0.25, -0.2) is 0 Å². The molecule has 0 radical (unpaired) electrons. The van der Waals surface area contributed by atoms with Crippen LogP contribution in [0.3, 0.4) is 0 Å². The number of carbonyl (C=O) groups is 4. The van der Waals surface area contributed by atoms with E-state index < -0.39 is 48.8 Å². The van der Waals surface area contributed by atoms with Gasteiger partial charge in [-0.3, -0.25) is 24.5 Å². The van der Waals surface area contributed by atoms with Crippen molar-refractivity contribution in [1.82, 2.24) is 10.6 Å². The molecule has 0 amide bonds. The van der Waals surface area contributed by atoms with E-state index in [-0.39, 0.29) is 19.0 Å². The summed E-state index contributed by atoms with van der Waals surface area (Å²) in [5.74, 6) is -5.14. The van der Waals surface area contributed by atoms with E-state index in [2.05, 4.69) is 10.6 Å². The van der Waals surface area contributed by atoms with Crippen LogP contribution in [0.1, 0.15) is 12.8 Å². The van der Waals surface area contributed by atoms with Crippen molar-refractivity contribution in [3.05, 3.63) is 36.0 Å².